The summed E-state index contributed by atoms with van der Waals surface area (Å²) >= 11 is 0. The highest BCUT2D eigenvalue weighted by Crippen LogP contribution is 2.29. The minimum absolute atomic E-state index is 0.0428. The number of para-hydroxylation sites is 1. The summed E-state index contributed by atoms with van der Waals surface area (Å²) in [5, 5.41) is 14.3. The highest BCUT2D eigenvalue weighted by molar-refractivity contribution is 5.65. The van der Waals surface area contributed by atoms with E-state index in [4.69, 9.17) is 0 Å². The van der Waals surface area contributed by atoms with E-state index in [1.807, 2.05) is 20.2 Å². The van der Waals surface area contributed by atoms with Crippen LogP contribution in [-0.4, -0.2) is 37.0 Å². The Balaban J connectivity index is 2.84. The first-order chi connectivity index (χ1) is 8.73. The molecule has 0 saturated heterocycles. The Morgan fingerprint density at radius 3 is 2.53 bits per heavy atom. The number of nitrogens with zero attached hydrogens (tertiary/aromatic N) is 2. The minimum atomic E-state index is -0.323. The molecule has 0 unspecified atom stereocenters. The molecular formula is C14H23N3O2. The summed E-state index contributed by atoms with van der Waals surface area (Å²) in [5.74, 6) is 0. The molecule has 1 N–H and O–H groups in total. The Morgan fingerprint density at radius 1 is 1.37 bits per heavy atom. The predicted molar refractivity (Wildman–Crippen MR) is 78.7 cm³/mol. The van der Waals surface area contributed by atoms with Gasteiger partial charge in [0.1, 0.15) is 5.69 Å². The number of nitrogens with one attached hydrogen (secondary N) is 1. The smallest absolute Gasteiger partial charge is 0.295 e. The summed E-state index contributed by atoms with van der Waals surface area (Å²) in [4.78, 5) is 12.9. The van der Waals surface area contributed by atoms with Gasteiger partial charge in [0.25, 0.3) is 5.69 Å². The van der Waals surface area contributed by atoms with Crippen LogP contribution in [0.4, 0.5) is 11.4 Å². The van der Waals surface area contributed by atoms with Crippen LogP contribution in [0.2, 0.25) is 0 Å². The maximum absolute atomic E-state index is 11.1. The Kier molecular flexibility index (Phi) is 4.89. The topological polar surface area (TPSA) is 58.4 Å². The SMILES string of the molecule is Cc1cccc(NCC(C)(C)CN(C)C)c1[N+](=O)[O-]. The van der Waals surface area contributed by atoms with E-state index in [-0.39, 0.29) is 16.0 Å². The van der Waals surface area contributed by atoms with Crippen molar-refractivity contribution in [1.29, 1.82) is 0 Å². The number of hydrogen-bond acceptors (Lipinski definition) is 4. The second kappa shape index (κ2) is 6.02. The Hall–Kier alpha value is -1.62. The van der Waals surface area contributed by atoms with Crippen molar-refractivity contribution in [3.8, 4) is 0 Å². The van der Waals surface area contributed by atoms with E-state index in [0.717, 1.165) is 6.54 Å². The first-order valence-electron chi connectivity index (χ1n) is 6.35. The Morgan fingerprint density at radius 2 is 2.00 bits per heavy atom. The monoisotopic (exact) mass is 265 g/mol. The van der Waals surface area contributed by atoms with Crippen LogP contribution in [0.25, 0.3) is 0 Å². The number of nitro groups is 1. The third kappa shape index (κ3) is 4.52. The molecule has 0 spiro atoms. The van der Waals surface area contributed by atoms with Gasteiger partial charge in [-0.15, -0.1) is 0 Å². The lowest BCUT2D eigenvalue weighted by molar-refractivity contribution is -0.384. The van der Waals surface area contributed by atoms with Gasteiger partial charge in [-0.05, 0) is 32.5 Å². The van der Waals surface area contributed by atoms with Gasteiger partial charge in [-0.3, -0.25) is 10.1 Å². The molecule has 0 fully saturated rings. The molecule has 5 nitrogen and oxygen atoms in total. The van der Waals surface area contributed by atoms with Crippen LogP contribution in [0.15, 0.2) is 18.2 Å². The first-order valence-corrected chi connectivity index (χ1v) is 6.35. The maximum atomic E-state index is 11.1. The van der Waals surface area contributed by atoms with E-state index in [9.17, 15) is 10.1 Å². The quantitative estimate of drug-likeness (QED) is 0.634. The van der Waals surface area contributed by atoms with Crippen LogP contribution in [-0.2, 0) is 0 Å². The molecule has 1 aromatic carbocycles. The fourth-order valence-corrected chi connectivity index (χ4v) is 2.29. The summed E-state index contributed by atoms with van der Waals surface area (Å²) in [6, 6.07) is 5.36. The number of aryl methyl sites for hydroxylation is 1. The van der Waals surface area contributed by atoms with Crippen LogP contribution in [0, 0.1) is 22.5 Å². The molecule has 0 amide bonds. The zero-order chi connectivity index (χ0) is 14.6. The average Bonchev–Trinajstić information content (AvgIpc) is 2.24. The zero-order valence-electron chi connectivity index (χ0n) is 12.4. The van der Waals surface area contributed by atoms with Gasteiger partial charge >= 0.3 is 0 Å². The molecule has 5 heteroatoms. The number of anilines is 1. The highest BCUT2D eigenvalue weighted by Gasteiger charge is 2.22. The molecule has 106 valence electrons. The summed E-state index contributed by atoms with van der Waals surface area (Å²) in [6.45, 7) is 7.65. The minimum Gasteiger partial charge on any atom is -0.379 e. The average molecular weight is 265 g/mol. The van der Waals surface area contributed by atoms with Crippen molar-refractivity contribution in [2.45, 2.75) is 20.8 Å². The molecule has 0 aliphatic carbocycles. The van der Waals surface area contributed by atoms with E-state index in [0.29, 0.717) is 17.8 Å². The predicted octanol–water partition coefficient (Wildman–Crippen LogP) is 2.90. The lowest BCUT2D eigenvalue weighted by atomic mass is 9.92. The van der Waals surface area contributed by atoms with Crippen molar-refractivity contribution < 1.29 is 4.92 Å². The summed E-state index contributed by atoms with van der Waals surface area (Å²) in [7, 11) is 4.05. The van der Waals surface area contributed by atoms with Crippen LogP contribution in [0.1, 0.15) is 19.4 Å². The van der Waals surface area contributed by atoms with Gasteiger partial charge in [-0.25, -0.2) is 0 Å². The highest BCUT2D eigenvalue weighted by atomic mass is 16.6. The molecule has 0 atom stereocenters. The molecule has 0 saturated carbocycles. The third-order valence-corrected chi connectivity index (χ3v) is 2.92. The van der Waals surface area contributed by atoms with Gasteiger partial charge < -0.3 is 10.2 Å². The van der Waals surface area contributed by atoms with Gasteiger partial charge in [-0.1, -0.05) is 26.0 Å². The molecule has 19 heavy (non-hydrogen) atoms. The molecule has 1 aromatic rings. The second-order valence-electron chi connectivity index (χ2n) is 5.98. The van der Waals surface area contributed by atoms with Crippen LogP contribution in [0.3, 0.4) is 0 Å². The number of rotatable bonds is 6. The molecule has 0 aromatic heterocycles. The second-order valence-corrected chi connectivity index (χ2v) is 5.98. The van der Waals surface area contributed by atoms with E-state index in [1.165, 1.54) is 0 Å². The van der Waals surface area contributed by atoms with Gasteiger partial charge in [0.2, 0.25) is 0 Å². The number of nitro benzene ring substituents is 1. The van der Waals surface area contributed by atoms with Crippen molar-refractivity contribution in [2.24, 2.45) is 5.41 Å². The summed E-state index contributed by atoms with van der Waals surface area (Å²) in [5.41, 5.74) is 1.49. The van der Waals surface area contributed by atoms with Crippen molar-refractivity contribution >= 4 is 11.4 Å². The van der Waals surface area contributed by atoms with Gasteiger partial charge in [0.05, 0.1) is 4.92 Å². The molecule has 0 bridgehead atoms. The van der Waals surface area contributed by atoms with E-state index in [1.54, 1.807) is 19.1 Å². The molecule has 0 heterocycles. The Labute approximate surface area is 114 Å². The molecule has 0 aliphatic rings. The normalized spacial score (nSPS) is 11.7. The van der Waals surface area contributed by atoms with Crippen LogP contribution >= 0.6 is 0 Å². The van der Waals surface area contributed by atoms with Crippen LogP contribution < -0.4 is 5.32 Å². The van der Waals surface area contributed by atoms with Gasteiger partial charge in [0, 0.05) is 18.7 Å². The van der Waals surface area contributed by atoms with E-state index in [2.05, 4.69) is 24.1 Å². The van der Waals surface area contributed by atoms with E-state index < -0.39 is 0 Å². The lowest BCUT2D eigenvalue weighted by Crippen LogP contribution is -2.34. The van der Waals surface area contributed by atoms with Crippen molar-refractivity contribution in [3.63, 3.8) is 0 Å². The van der Waals surface area contributed by atoms with Crippen LogP contribution in [0.5, 0.6) is 0 Å². The first kappa shape index (κ1) is 15.4. The standard InChI is InChI=1S/C14H23N3O2/c1-11-7-6-8-12(13(11)17(18)19)15-9-14(2,3)10-16(4)5/h6-8,15H,9-10H2,1-5H3. The molecule has 1 rings (SSSR count). The fraction of sp³-hybridized carbons (Fsp3) is 0.571. The Bertz CT molecular complexity index is 456. The summed E-state index contributed by atoms with van der Waals surface area (Å²) in [6.07, 6.45) is 0. The zero-order valence-corrected chi connectivity index (χ0v) is 12.4. The maximum Gasteiger partial charge on any atom is 0.295 e. The molecular weight excluding hydrogens is 242 g/mol. The molecule has 0 radical (unpaired) electrons. The fourth-order valence-electron chi connectivity index (χ4n) is 2.29. The van der Waals surface area contributed by atoms with Gasteiger partial charge in [0.15, 0.2) is 0 Å². The number of hydrogen-bond donors (Lipinski definition) is 1. The van der Waals surface area contributed by atoms with Crippen molar-refractivity contribution in [2.75, 3.05) is 32.5 Å². The lowest BCUT2D eigenvalue weighted by Gasteiger charge is -2.28. The number of benzene rings is 1. The third-order valence-electron chi connectivity index (χ3n) is 2.92. The van der Waals surface area contributed by atoms with Crippen molar-refractivity contribution in [1.82, 2.24) is 4.90 Å². The largest absolute Gasteiger partial charge is 0.379 e. The van der Waals surface area contributed by atoms with Crippen molar-refractivity contribution in [3.05, 3.63) is 33.9 Å². The summed E-state index contributed by atoms with van der Waals surface area (Å²) < 4.78 is 0. The van der Waals surface area contributed by atoms with E-state index >= 15 is 0 Å². The molecule has 0 aliphatic heterocycles. The van der Waals surface area contributed by atoms with Gasteiger partial charge in [-0.2, -0.15) is 0 Å².